The van der Waals surface area contributed by atoms with Crippen molar-refractivity contribution in [2.75, 3.05) is 0 Å². The van der Waals surface area contributed by atoms with E-state index in [1.807, 2.05) is 0 Å². The van der Waals surface area contributed by atoms with E-state index in [9.17, 15) is 13.9 Å². The number of aliphatic hydroxyl groups is 1. The highest BCUT2D eigenvalue weighted by atomic mass is 19.1. The van der Waals surface area contributed by atoms with Crippen molar-refractivity contribution in [1.29, 1.82) is 0 Å². The lowest BCUT2D eigenvalue weighted by molar-refractivity contribution is 0.0412. The Morgan fingerprint density at radius 3 is 2.19 bits per heavy atom. The van der Waals surface area contributed by atoms with Crippen LogP contribution in [0.4, 0.5) is 8.78 Å². The van der Waals surface area contributed by atoms with Crippen LogP contribution in [0.15, 0.2) is 18.2 Å². The summed E-state index contributed by atoms with van der Waals surface area (Å²) in [6.07, 6.45) is 2.25. The van der Waals surface area contributed by atoms with Crippen LogP contribution in [-0.4, -0.2) is 11.2 Å². The van der Waals surface area contributed by atoms with Gasteiger partial charge in [0.2, 0.25) is 0 Å². The van der Waals surface area contributed by atoms with Crippen molar-refractivity contribution in [2.24, 2.45) is 11.7 Å². The Morgan fingerprint density at radius 1 is 1.19 bits per heavy atom. The Bertz CT molecular complexity index is 359. The quantitative estimate of drug-likeness (QED) is 0.830. The molecule has 1 aromatic carbocycles. The number of aliphatic hydroxyl groups excluding tert-OH is 1. The summed E-state index contributed by atoms with van der Waals surface area (Å²) in [6.45, 7) is 0. The molecule has 0 unspecified atom stereocenters. The van der Waals surface area contributed by atoms with Gasteiger partial charge in [0, 0.05) is 6.07 Å². The van der Waals surface area contributed by atoms with Crippen LogP contribution in [0.1, 0.15) is 30.9 Å². The highest BCUT2D eigenvalue weighted by molar-refractivity contribution is 5.22. The monoisotopic (exact) mass is 227 g/mol. The first-order valence-corrected chi connectivity index (χ1v) is 5.47. The summed E-state index contributed by atoms with van der Waals surface area (Å²) in [5, 5.41) is 9.90. The zero-order valence-electron chi connectivity index (χ0n) is 8.87. The van der Waals surface area contributed by atoms with Crippen LogP contribution < -0.4 is 5.73 Å². The molecule has 2 atom stereocenters. The summed E-state index contributed by atoms with van der Waals surface area (Å²) in [6, 6.07) is 2.44. The Morgan fingerprint density at radius 2 is 1.75 bits per heavy atom. The number of halogens is 2. The van der Waals surface area contributed by atoms with Crippen molar-refractivity contribution >= 4 is 0 Å². The molecule has 2 rings (SSSR count). The van der Waals surface area contributed by atoms with Gasteiger partial charge in [0.25, 0.3) is 0 Å². The Labute approximate surface area is 93.1 Å². The van der Waals surface area contributed by atoms with E-state index in [1.165, 1.54) is 12.1 Å². The van der Waals surface area contributed by atoms with Gasteiger partial charge in [-0.25, -0.2) is 8.78 Å². The van der Waals surface area contributed by atoms with Crippen LogP contribution in [0.5, 0.6) is 0 Å². The minimum Gasteiger partial charge on any atom is -0.391 e. The van der Waals surface area contributed by atoms with Gasteiger partial charge < -0.3 is 10.8 Å². The fourth-order valence-corrected chi connectivity index (χ4v) is 2.04. The predicted molar refractivity (Wildman–Crippen MR) is 56.6 cm³/mol. The molecule has 2 nitrogen and oxygen atoms in total. The third-order valence-corrected chi connectivity index (χ3v) is 3.27. The highest BCUT2D eigenvalue weighted by Gasteiger charge is 2.30. The molecule has 88 valence electrons. The van der Waals surface area contributed by atoms with Gasteiger partial charge in [-0.3, -0.25) is 0 Å². The van der Waals surface area contributed by atoms with Crippen molar-refractivity contribution < 1.29 is 13.9 Å². The molecule has 16 heavy (non-hydrogen) atoms. The molecule has 3 N–H and O–H groups in total. The second-order valence-corrected chi connectivity index (χ2v) is 4.41. The zero-order valence-corrected chi connectivity index (χ0v) is 8.87. The largest absolute Gasteiger partial charge is 0.391 e. The molecule has 0 aliphatic heterocycles. The topological polar surface area (TPSA) is 46.2 Å². The molecule has 1 aliphatic rings. The van der Waals surface area contributed by atoms with Crippen molar-refractivity contribution in [3.63, 3.8) is 0 Å². The molecule has 0 bridgehead atoms. The number of benzene rings is 1. The van der Waals surface area contributed by atoms with E-state index in [0.717, 1.165) is 25.3 Å². The van der Waals surface area contributed by atoms with Gasteiger partial charge in [0.15, 0.2) is 0 Å². The fourth-order valence-electron chi connectivity index (χ4n) is 2.04. The maximum atomic E-state index is 13.0. The van der Waals surface area contributed by atoms with Gasteiger partial charge >= 0.3 is 0 Å². The fraction of sp³-hybridized carbons (Fsp3) is 0.500. The molecule has 1 aromatic rings. The van der Waals surface area contributed by atoms with Gasteiger partial charge in [-0.1, -0.05) is 6.42 Å². The third-order valence-electron chi connectivity index (χ3n) is 3.27. The summed E-state index contributed by atoms with van der Waals surface area (Å²) in [5.74, 6) is -1.15. The second kappa shape index (κ2) is 4.47. The van der Waals surface area contributed by atoms with Crippen LogP contribution >= 0.6 is 0 Å². The molecule has 0 spiro atoms. The van der Waals surface area contributed by atoms with Crippen LogP contribution in [0.2, 0.25) is 0 Å². The van der Waals surface area contributed by atoms with Crippen LogP contribution in [0.3, 0.4) is 0 Å². The summed E-state index contributed by atoms with van der Waals surface area (Å²) < 4.78 is 25.9. The van der Waals surface area contributed by atoms with E-state index in [1.54, 1.807) is 0 Å². The van der Waals surface area contributed by atoms with Crippen molar-refractivity contribution in [3.05, 3.63) is 35.4 Å². The molecular formula is C12H15F2NO. The Balaban J connectivity index is 2.15. The standard InChI is InChI=1S/C12H15F2NO/c13-9-4-8(5-10(14)6-9)11(15)12(16)7-2-1-3-7/h4-7,11-12,16H,1-3,15H2/t11-,12+/m0/s1. The Hall–Kier alpha value is -1.00. The van der Waals surface area contributed by atoms with E-state index < -0.39 is 23.8 Å². The number of hydrogen-bond acceptors (Lipinski definition) is 2. The van der Waals surface area contributed by atoms with Crippen molar-refractivity contribution in [3.8, 4) is 0 Å². The van der Waals surface area contributed by atoms with Gasteiger partial charge in [0.05, 0.1) is 12.1 Å². The number of rotatable bonds is 3. The number of nitrogens with two attached hydrogens (primary N) is 1. The maximum Gasteiger partial charge on any atom is 0.126 e. The predicted octanol–water partition coefficient (Wildman–Crippen LogP) is 2.13. The molecule has 0 amide bonds. The van der Waals surface area contributed by atoms with Gasteiger partial charge in [-0.15, -0.1) is 0 Å². The summed E-state index contributed by atoms with van der Waals surface area (Å²) in [7, 11) is 0. The van der Waals surface area contributed by atoms with E-state index in [4.69, 9.17) is 5.73 Å². The molecule has 1 fully saturated rings. The average Bonchev–Trinajstić information content (AvgIpc) is 2.12. The zero-order chi connectivity index (χ0) is 11.7. The van der Waals surface area contributed by atoms with E-state index in [0.29, 0.717) is 5.56 Å². The lowest BCUT2D eigenvalue weighted by atomic mass is 9.77. The summed E-state index contributed by atoms with van der Waals surface area (Å²) >= 11 is 0. The number of hydrogen-bond donors (Lipinski definition) is 2. The second-order valence-electron chi connectivity index (χ2n) is 4.41. The molecule has 4 heteroatoms. The SMILES string of the molecule is N[C@@H](c1cc(F)cc(F)c1)[C@H](O)C1CCC1. The first kappa shape index (κ1) is 11.5. The summed E-state index contributed by atoms with van der Waals surface area (Å²) in [4.78, 5) is 0. The molecule has 1 aliphatic carbocycles. The third kappa shape index (κ3) is 2.23. The average molecular weight is 227 g/mol. The lowest BCUT2D eigenvalue weighted by Crippen LogP contribution is -2.36. The molecule has 0 saturated heterocycles. The molecule has 0 aromatic heterocycles. The smallest absolute Gasteiger partial charge is 0.126 e. The van der Waals surface area contributed by atoms with E-state index >= 15 is 0 Å². The Kier molecular flexibility index (Phi) is 3.21. The highest BCUT2D eigenvalue weighted by Crippen LogP contribution is 2.34. The minimum absolute atomic E-state index is 0.168. The molecule has 1 saturated carbocycles. The van der Waals surface area contributed by atoms with Gasteiger partial charge in [-0.05, 0) is 36.5 Å². The maximum absolute atomic E-state index is 13.0. The molecular weight excluding hydrogens is 212 g/mol. The van der Waals surface area contributed by atoms with Crippen LogP contribution in [0, 0.1) is 17.6 Å². The van der Waals surface area contributed by atoms with Gasteiger partial charge in [-0.2, -0.15) is 0 Å². The normalized spacial score (nSPS) is 20.2. The van der Waals surface area contributed by atoms with E-state index in [-0.39, 0.29) is 5.92 Å². The van der Waals surface area contributed by atoms with Crippen molar-refractivity contribution in [2.45, 2.75) is 31.4 Å². The first-order valence-electron chi connectivity index (χ1n) is 5.47. The minimum atomic E-state index is -0.713. The van der Waals surface area contributed by atoms with Crippen LogP contribution in [0.25, 0.3) is 0 Å². The molecule has 0 radical (unpaired) electrons. The van der Waals surface area contributed by atoms with Crippen LogP contribution in [-0.2, 0) is 0 Å². The lowest BCUT2D eigenvalue weighted by Gasteiger charge is -2.33. The first-order chi connectivity index (χ1) is 7.58. The van der Waals surface area contributed by atoms with E-state index in [2.05, 4.69) is 0 Å². The molecule has 0 heterocycles. The summed E-state index contributed by atoms with van der Waals surface area (Å²) in [5.41, 5.74) is 6.12. The van der Waals surface area contributed by atoms with Gasteiger partial charge in [0.1, 0.15) is 11.6 Å². The van der Waals surface area contributed by atoms with Crippen molar-refractivity contribution in [1.82, 2.24) is 0 Å².